The minimum absolute atomic E-state index is 0.0258. The molecule has 0 aliphatic heterocycles. The van der Waals surface area contributed by atoms with Crippen LogP contribution in [0.2, 0.25) is 0 Å². The number of aliphatic hydroxyl groups excluding tert-OH is 1. The monoisotopic (exact) mass is 214 g/mol. The number of aliphatic hydroxyl groups is 1. The second-order valence-corrected chi connectivity index (χ2v) is 2.74. The highest BCUT2D eigenvalue weighted by Crippen LogP contribution is 2.25. The van der Waals surface area contributed by atoms with E-state index in [4.69, 9.17) is 5.11 Å². The molecule has 0 aromatic carbocycles. The molecule has 0 rings (SSSR count). The molecule has 6 heteroatoms. The molecule has 0 aliphatic carbocycles. The van der Waals surface area contributed by atoms with Gasteiger partial charge in [-0.05, 0) is 12.8 Å². The number of ether oxygens (including phenoxy) is 1. The quantitative estimate of drug-likeness (QED) is 0.684. The molecule has 0 aromatic rings. The Morgan fingerprint density at radius 3 is 2.57 bits per heavy atom. The summed E-state index contributed by atoms with van der Waals surface area (Å²) in [5.41, 5.74) is 0. The minimum Gasteiger partial charge on any atom is -0.399 e. The second-order valence-electron chi connectivity index (χ2n) is 2.74. The summed E-state index contributed by atoms with van der Waals surface area (Å²) in [5.74, 6) is -1.21. The molecule has 84 valence electrons. The average molecular weight is 214 g/mol. The van der Waals surface area contributed by atoms with E-state index in [2.05, 4.69) is 4.74 Å². The van der Waals surface area contributed by atoms with Gasteiger partial charge < -0.3 is 9.84 Å². The summed E-state index contributed by atoms with van der Waals surface area (Å²) < 4.78 is 41.4. The maximum atomic E-state index is 12.6. The summed E-state index contributed by atoms with van der Waals surface area (Å²) in [6, 6.07) is 0. The molecular weight excluding hydrogens is 201 g/mol. The third-order valence-electron chi connectivity index (χ3n) is 1.51. The van der Waals surface area contributed by atoms with Gasteiger partial charge in [0.15, 0.2) is 0 Å². The lowest BCUT2D eigenvalue weighted by atomic mass is 10.3. The lowest BCUT2D eigenvalue weighted by molar-refractivity contribution is -0.261. The normalized spacial score (nSPS) is 13.8. The third-order valence-corrected chi connectivity index (χ3v) is 1.51. The van der Waals surface area contributed by atoms with Crippen LogP contribution in [0.1, 0.15) is 26.2 Å². The van der Waals surface area contributed by atoms with Crippen molar-refractivity contribution in [1.82, 2.24) is 0 Å². The number of alkyl halides is 3. The van der Waals surface area contributed by atoms with Gasteiger partial charge in [-0.2, -0.15) is 8.78 Å². The third kappa shape index (κ3) is 4.45. The van der Waals surface area contributed by atoms with Crippen LogP contribution in [-0.2, 0) is 9.53 Å². The maximum absolute atomic E-state index is 12.6. The van der Waals surface area contributed by atoms with E-state index in [1.807, 2.05) is 0 Å². The van der Waals surface area contributed by atoms with Gasteiger partial charge in [0.2, 0.25) is 6.17 Å². The first-order valence-electron chi connectivity index (χ1n) is 4.28. The summed E-state index contributed by atoms with van der Waals surface area (Å²) in [6.07, 6.45) is -7.30. The van der Waals surface area contributed by atoms with Gasteiger partial charge in [0, 0.05) is 13.0 Å². The maximum Gasteiger partial charge on any atom is 0.431 e. The Kier molecular flexibility index (Phi) is 5.52. The lowest BCUT2D eigenvalue weighted by Crippen LogP contribution is -2.35. The Balaban J connectivity index is 4.01. The van der Waals surface area contributed by atoms with Crippen LogP contribution in [0.3, 0.4) is 0 Å². The molecule has 0 bridgehead atoms. The standard InChI is InChI=1S/C8H13F3O3/c1-2-6(9)8(10,11)14-7(13)4-3-5-12/h6,12H,2-5H2,1H3. The summed E-state index contributed by atoms with van der Waals surface area (Å²) in [4.78, 5) is 10.7. The van der Waals surface area contributed by atoms with Crippen molar-refractivity contribution in [2.75, 3.05) is 6.61 Å². The van der Waals surface area contributed by atoms with Crippen molar-refractivity contribution >= 4 is 5.97 Å². The van der Waals surface area contributed by atoms with Crippen LogP contribution in [0.5, 0.6) is 0 Å². The van der Waals surface area contributed by atoms with Gasteiger partial charge in [-0.1, -0.05) is 6.92 Å². The molecule has 0 spiro atoms. The SMILES string of the molecule is CCC(F)C(F)(F)OC(=O)CCCO. The van der Waals surface area contributed by atoms with Crippen LogP contribution in [0.25, 0.3) is 0 Å². The molecule has 1 atom stereocenters. The number of hydrogen-bond acceptors (Lipinski definition) is 3. The van der Waals surface area contributed by atoms with E-state index in [0.29, 0.717) is 0 Å². The topological polar surface area (TPSA) is 46.5 Å². The van der Waals surface area contributed by atoms with Crippen molar-refractivity contribution < 1.29 is 27.8 Å². The first kappa shape index (κ1) is 13.2. The minimum atomic E-state index is -4.07. The zero-order valence-corrected chi connectivity index (χ0v) is 7.80. The van der Waals surface area contributed by atoms with Crippen LogP contribution < -0.4 is 0 Å². The van der Waals surface area contributed by atoms with Gasteiger partial charge in [0.05, 0.1) is 0 Å². The number of halogens is 3. The average Bonchev–Trinajstić information content (AvgIpc) is 2.12. The molecule has 0 heterocycles. The molecule has 0 aliphatic rings. The summed E-state index contributed by atoms with van der Waals surface area (Å²) in [6.45, 7) is 0.924. The van der Waals surface area contributed by atoms with Gasteiger partial charge in [-0.15, -0.1) is 0 Å². The van der Waals surface area contributed by atoms with Gasteiger partial charge >= 0.3 is 12.1 Å². The number of esters is 1. The van der Waals surface area contributed by atoms with Crippen molar-refractivity contribution in [2.24, 2.45) is 0 Å². The van der Waals surface area contributed by atoms with Crippen LogP contribution in [-0.4, -0.2) is 30.0 Å². The number of hydrogen-bond donors (Lipinski definition) is 1. The van der Waals surface area contributed by atoms with Crippen molar-refractivity contribution in [3.8, 4) is 0 Å². The predicted molar refractivity (Wildman–Crippen MR) is 42.5 cm³/mol. The Morgan fingerprint density at radius 1 is 1.57 bits per heavy atom. The Morgan fingerprint density at radius 2 is 2.14 bits per heavy atom. The highest BCUT2D eigenvalue weighted by molar-refractivity contribution is 5.69. The molecular formula is C8H13F3O3. The largest absolute Gasteiger partial charge is 0.431 e. The van der Waals surface area contributed by atoms with Crippen LogP contribution in [0.15, 0.2) is 0 Å². The smallest absolute Gasteiger partial charge is 0.399 e. The van der Waals surface area contributed by atoms with Gasteiger partial charge in [0.1, 0.15) is 0 Å². The van der Waals surface area contributed by atoms with Gasteiger partial charge in [0.25, 0.3) is 0 Å². The Bertz CT molecular complexity index is 185. The molecule has 1 unspecified atom stereocenters. The molecule has 1 N–H and O–H groups in total. The Labute approximate surface area is 79.9 Å². The fraction of sp³-hybridized carbons (Fsp3) is 0.875. The van der Waals surface area contributed by atoms with E-state index in [1.165, 1.54) is 6.92 Å². The van der Waals surface area contributed by atoms with Crippen LogP contribution in [0, 0.1) is 0 Å². The molecule has 3 nitrogen and oxygen atoms in total. The highest BCUT2D eigenvalue weighted by atomic mass is 19.3. The van der Waals surface area contributed by atoms with Crippen LogP contribution >= 0.6 is 0 Å². The summed E-state index contributed by atoms with van der Waals surface area (Å²) >= 11 is 0. The van der Waals surface area contributed by atoms with E-state index >= 15 is 0 Å². The van der Waals surface area contributed by atoms with Crippen LogP contribution in [0.4, 0.5) is 13.2 Å². The van der Waals surface area contributed by atoms with Crippen molar-refractivity contribution in [3.63, 3.8) is 0 Å². The molecule has 0 aromatic heterocycles. The Hall–Kier alpha value is -0.780. The van der Waals surface area contributed by atoms with Gasteiger partial charge in [-0.25, -0.2) is 4.39 Å². The fourth-order valence-electron chi connectivity index (χ4n) is 0.728. The van der Waals surface area contributed by atoms with Gasteiger partial charge in [-0.3, -0.25) is 4.79 Å². The zero-order chi connectivity index (χ0) is 11.2. The molecule has 0 saturated carbocycles. The molecule has 0 saturated heterocycles. The first-order valence-corrected chi connectivity index (χ1v) is 4.28. The zero-order valence-electron chi connectivity index (χ0n) is 7.80. The predicted octanol–water partition coefficient (Wildman–Crippen LogP) is 1.64. The first-order chi connectivity index (χ1) is 6.44. The van der Waals surface area contributed by atoms with E-state index in [9.17, 15) is 18.0 Å². The van der Waals surface area contributed by atoms with Crippen molar-refractivity contribution in [2.45, 2.75) is 38.5 Å². The van der Waals surface area contributed by atoms with E-state index < -0.39 is 24.7 Å². The van der Waals surface area contributed by atoms with E-state index in [1.54, 1.807) is 0 Å². The number of rotatable bonds is 6. The number of carbonyl (C=O) groups excluding carboxylic acids is 1. The van der Waals surface area contributed by atoms with Crippen molar-refractivity contribution in [3.05, 3.63) is 0 Å². The van der Waals surface area contributed by atoms with E-state index in [-0.39, 0.29) is 19.4 Å². The molecule has 0 amide bonds. The summed E-state index contributed by atoms with van der Waals surface area (Å²) in [7, 11) is 0. The number of carbonyl (C=O) groups is 1. The fourth-order valence-corrected chi connectivity index (χ4v) is 0.728. The van der Waals surface area contributed by atoms with Crippen molar-refractivity contribution in [1.29, 1.82) is 0 Å². The van der Waals surface area contributed by atoms with E-state index in [0.717, 1.165) is 0 Å². The lowest BCUT2D eigenvalue weighted by Gasteiger charge is -2.19. The molecule has 0 radical (unpaired) electrons. The highest BCUT2D eigenvalue weighted by Gasteiger charge is 2.43. The molecule has 14 heavy (non-hydrogen) atoms. The second kappa shape index (κ2) is 5.85. The summed E-state index contributed by atoms with van der Waals surface area (Å²) in [5, 5.41) is 8.30. The molecule has 0 fully saturated rings.